The molecule has 2 amide bonds. The van der Waals surface area contributed by atoms with Crippen molar-refractivity contribution in [3.8, 4) is 0 Å². The maximum atomic E-state index is 12.1. The van der Waals surface area contributed by atoms with E-state index in [9.17, 15) is 9.59 Å². The number of hydrogen-bond acceptors (Lipinski definition) is 4. The van der Waals surface area contributed by atoms with Crippen LogP contribution in [0.1, 0.15) is 0 Å². The lowest BCUT2D eigenvalue weighted by Crippen LogP contribution is -2.22. The molecule has 2 aromatic carbocycles. The minimum atomic E-state index is -0.398. The number of amides is 2. The number of primary amides is 1. The fraction of sp³-hybridized carbons (Fsp3) is 0.125. The Labute approximate surface area is 153 Å². The number of carbonyl (C=O) groups excluding carboxylic acids is 2. The highest BCUT2D eigenvalue weighted by molar-refractivity contribution is 8.00. The second-order valence-corrected chi connectivity index (χ2v) is 6.64. The van der Waals surface area contributed by atoms with Crippen molar-refractivity contribution in [3.63, 3.8) is 0 Å². The van der Waals surface area contributed by atoms with E-state index < -0.39 is 5.91 Å². The van der Waals surface area contributed by atoms with Crippen molar-refractivity contribution in [2.24, 2.45) is 5.73 Å². The zero-order chi connectivity index (χ0) is 17.5. The fourth-order valence-electron chi connectivity index (χ4n) is 1.85. The third-order valence-electron chi connectivity index (χ3n) is 2.90. The van der Waals surface area contributed by atoms with E-state index in [4.69, 9.17) is 28.9 Å². The van der Waals surface area contributed by atoms with Crippen LogP contribution in [0, 0.1) is 0 Å². The minimum absolute atomic E-state index is 0.0487. The van der Waals surface area contributed by atoms with Gasteiger partial charge in [0, 0.05) is 15.6 Å². The molecule has 0 spiro atoms. The summed E-state index contributed by atoms with van der Waals surface area (Å²) in [4.78, 5) is 23.8. The lowest BCUT2D eigenvalue weighted by atomic mass is 10.3. The Morgan fingerprint density at radius 2 is 1.83 bits per heavy atom. The first kappa shape index (κ1) is 18.4. The Balaban J connectivity index is 1.95. The molecule has 0 heterocycles. The fourth-order valence-corrected chi connectivity index (χ4v) is 3.07. The molecule has 5 nitrogen and oxygen atoms in total. The van der Waals surface area contributed by atoms with Crippen LogP contribution in [-0.2, 0) is 9.59 Å². The number of anilines is 2. The molecule has 0 bridgehead atoms. The van der Waals surface area contributed by atoms with E-state index in [1.165, 1.54) is 11.8 Å². The zero-order valence-corrected chi connectivity index (χ0v) is 14.8. The number of halogens is 2. The van der Waals surface area contributed by atoms with Gasteiger partial charge in [0.1, 0.15) is 0 Å². The summed E-state index contributed by atoms with van der Waals surface area (Å²) in [6.45, 7) is 0.0487. The lowest BCUT2D eigenvalue weighted by Gasteiger charge is -2.12. The Morgan fingerprint density at radius 3 is 2.54 bits per heavy atom. The molecule has 0 aliphatic carbocycles. The maximum absolute atomic E-state index is 12.1. The molecule has 8 heteroatoms. The van der Waals surface area contributed by atoms with Gasteiger partial charge in [-0.3, -0.25) is 9.59 Å². The van der Waals surface area contributed by atoms with Gasteiger partial charge in [-0.25, -0.2) is 0 Å². The molecule has 0 aliphatic heterocycles. The quantitative estimate of drug-likeness (QED) is 0.637. The molecule has 0 saturated carbocycles. The largest absolute Gasteiger partial charge is 0.375 e. The Hall–Kier alpha value is -1.89. The van der Waals surface area contributed by atoms with Crippen LogP contribution in [-0.4, -0.2) is 24.1 Å². The first-order valence-electron chi connectivity index (χ1n) is 6.94. The number of thioether (sulfide) groups is 1. The van der Waals surface area contributed by atoms with Gasteiger partial charge in [0.05, 0.1) is 23.0 Å². The smallest absolute Gasteiger partial charge is 0.243 e. The highest BCUT2D eigenvalue weighted by Gasteiger charge is 2.08. The van der Waals surface area contributed by atoms with E-state index in [2.05, 4.69) is 10.6 Å². The maximum Gasteiger partial charge on any atom is 0.243 e. The molecule has 0 radical (unpaired) electrons. The van der Waals surface area contributed by atoms with Crippen molar-refractivity contribution < 1.29 is 9.59 Å². The molecule has 4 N–H and O–H groups in total. The van der Waals surface area contributed by atoms with E-state index in [0.717, 1.165) is 10.6 Å². The van der Waals surface area contributed by atoms with Crippen molar-refractivity contribution in [1.82, 2.24) is 0 Å². The first-order valence-corrected chi connectivity index (χ1v) is 8.69. The molecule has 0 aromatic heterocycles. The second-order valence-electron chi connectivity index (χ2n) is 4.78. The van der Waals surface area contributed by atoms with Gasteiger partial charge in [-0.1, -0.05) is 35.3 Å². The van der Waals surface area contributed by atoms with Crippen molar-refractivity contribution in [2.75, 3.05) is 22.9 Å². The highest BCUT2D eigenvalue weighted by Crippen LogP contribution is 2.27. The van der Waals surface area contributed by atoms with Gasteiger partial charge in [0.2, 0.25) is 11.8 Å². The summed E-state index contributed by atoms with van der Waals surface area (Å²) in [5, 5.41) is 6.60. The van der Waals surface area contributed by atoms with Crippen LogP contribution in [0.2, 0.25) is 10.0 Å². The summed E-state index contributed by atoms with van der Waals surface area (Å²) in [5.41, 5.74) is 6.40. The Bertz CT molecular complexity index is 756. The topological polar surface area (TPSA) is 84.2 Å². The summed E-state index contributed by atoms with van der Waals surface area (Å²) in [6.07, 6.45) is 0. The molecule has 24 heavy (non-hydrogen) atoms. The average Bonchev–Trinajstić information content (AvgIpc) is 2.54. The molecule has 0 saturated heterocycles. The predicted molar refractivity (Wildman–Crippen MR) is 99.9 cm³/mol. The van der Waals surface area contributed by atoms with Crippen LogP contribution in [0.4, 0.5) is 11.4 Å². The summed E-state index contributed by atoms with van der Waals surface area (Å²) in [7, 11) is 0. The highest BCUT2D eigenvalue weighted by atomic mass is 35.5. The van der Waals surface area contributed by atoms with Gasteiger partial charge in [0.25, 0.3) is 0 Å². The molecular formula is C16H15Cl2N3O2S. The van der Waals surface area contributed by atoms with E-state index in [1.54, 1.807) is 18.2 Å². The molecule has 0 aliphatic rings. The molecule has 0 unspecified atom stereocenters. The SMILES string of the molecule is NC(=O)CSc1ccccc1NCC(=O)Nc1ccc(Cl)cc1Cl. The summed E-state index contributed by atoms with van der Waals surface area (Å²) in [6, 6.07) is 12.2. The summed E-state index contributed by atoms with van der Waals surface area (Å²) in [5.74, 6) is -0.482. The third-order valence-corrected chi connectivity index (χ3v) is 4.55. The van der Waals surface area contributed by atoms with Crippen LogP contribution in [0.5, 0.6) is 0 Å². The van der Waals surface area contributed by atoms with E-state index in [-0.39, 0.29) is 18.2 Å². The zero-order valence-electron chi connectivity index (χ0n) is 12.5. The molecule has 126 valence electrons. The van der Waals surface area contributed by atoms with Gasteiger partial charge in [0.15, 0.2) is 0 Å². The van der Waals surface area contributed by atoms with Gasteiger partial charge in [-0.2, -0.15) is 0 Å². The van der Waals surface area contributed by atoms with E-state index >= 15 is 0 Å². The summed E-state index contributed by atoms with van der Waals surface area (Å²) < 4.78 is 0. The normalized spacial score (nSPS) is 10.2. The van der Waals surface area contributed by atoms with Crippen molar-refractivity contribution in [3.05, 3.63) is 52.5 Å². The molecule has 0 fully saturated rings. The molecule has 2 aromatic rings. The lowest BCUT2D eigenvalue weighted by molar-refractivity contribution is -0.116. The standard InChI is InChI=1S/C16H15Cl2N3O2S/c17-10-5-6-12(11(18)7-10)21-16(23)8-20-13-3-1-2-4-14(13)24-9-15(19)22/h1-7,20H,8-9H2,(H2,19,22)(H,21,23). The Morgan fingerprint density at radius 1 is 1.08 bits per heavy atom. The first-order chi connectivity index (χ1) is 11.5. The van der Waals surface area contributed by atoms with Gasteiger partial charge >= 0.3 is 0 Å². The van der Waals surface area contributed by atoms with Crippen molar-refractivity contribution in [2.45, 2.75) is 4.90 Å². The number of nitrogens with one attached hydrogen (secondary N) is 2. The van der Waals surface area contributed by atoms with Gasteiger partial charge in [-0.15, -0.1) is 11.8 Å². The summed E-state index contributed by atoms with van der Waals surface area (Å²) >= 11 is 13.1. The van der Waals surface area contributed by atoms with E-state index in [1.807, 2.05) is 24.3 Å². The van der Waals surface area contributed by atoms with Crippen LogP contribution < -0.4 is 16.4 Å². The number of benzene rings is 2. The number of carbonyl (C=O) groups is 2. The van der Waals surface area contributed by atoms with Crippen LogP contribution >= 0.6 is 35.0 Å². The molecular weight excluding hydrogens is 369 g/mol. The van der Waals surface area contributed by atoms with Crippen LogP contribution in [0.15, 0.2) is 47.4 Å². The second kappa shape index (κ2) is 8.82. The minimum Gasteiger partial charge on any atom is -0.375 e. The Kier molecular flexibility index (Phi) is 6.78. The van der Waals surface area contributed by atoms with Crippen molar-refractivity contribution in [1.29, 1.82) is 0 Å². The van der Waals surface area contributed by atoms with Gasteiger partial charge < -0.3 is 16.4 Å². The monoisotopic (exact) mass is 383 g/mol. The predicted octanol–water partition coefficient (Wildman–Crippen LogP) is 3.62. The van der Waals surface area contributed by atoms with Crippen LogP contribution in [0.3, 0.4) is 0 Å². The third kappa shape index (κ3) is 5.63. The molecule has 0 atom stereocenters. The van der Waals surface area contributed by atoms with Crippen LogP contribution in [0.25, 0.3) is 0 Å². The number of rotatable bonds is 7. The number of hydrogen-bond donors (Lipinski definition) is 3. The molecule has 2 rings (SSSR count). The average molecular weight is 384 g/mol. The number of nitrogens with two attached hydrogens (primary N) is 1. The van der Waals surface area contributed by atoms with Crippen molar-refractivity contribution >= 4 is 58.2 Å². The number of para-hydroxylation sites is 1. The van der Waals surface area contributed by atoms with Gasteiger partial charge in [-0.05, 0) is 30.3 Å². The van der Waals surface area contributed by atoms with E-state index in [0.29, 0.717) is 15.7 Å².